The molecule has 1 aliphatic rings. The lowest BCUT2D eigenvalue weighted by Crippen LogP contribution is -2.28. The molecular formula is C20H18FNO2. The van der Waals surface area contributed by atoms with Crippen LogP contribution in [0.1, 0.15) is 36.6 Å². The van der Waals surface area contributed by atoms with E-state index in [1.807, 2.05) is 37.3 Å². The molecular weight excluding hydrogens is 305 g/mol. The minimum atomic E-state index is -0.251. The number of benzene rings is 2. The van der Waals surface area contributed by atoms with E-state index in [9.17, 15) is 9.18 Å². The van der Waals surface area contributed by atoms with Gasteiger partial charge in [0.05, 0.1) is 6.04 Å². The van der Waals surface area contributed by atoms with Gasteiger partial charge in [0.15, 0.2) is 0 Å². The zero-order valence-corrected chi connectivity index (χ0v) is 13.3. The van der Waals surface area contributed by atoms with Crippen molar-refractivity contribution in [3.8, 4) is 0 Å². The molecule has 1 N–H and O–H groups in total. The van der Waals surface area contributed by atoms with Gasteiger partial charge in [-0.3, -0.25) is 4.79 Å². The van der Waals surface area contributed by atoms with Crippen molar-refractivity contribution in [2.45, 2.75) is 25.3 Å². The van der Waals surface area contributed by atoms with Gasteiger partial charge in [-0.05, 0) is 49.1 Å². The van der Waals surface area contributed by atoms with Gasteiger partial charge in [0.1, 0.15) is 17.2 Å². The van der Waals surface area contributed by atoms with Gasteiger partial charge in [0.2, 0.25) is 5.91 Å². The van der Waals surface area contributed by atoms with E-state index >= 15 is 0 Å². The molecule has 3 nitrogen and oxygen atoms in total. The molecule has 0 bridgehead atoms. The number of nitrogens with one attached hydrogen (secondary N) is 1. The third-order valence-electron chi connectivity index (χ3n) is 4.66. The topological polar surface area (TPSA) is 42.2 Å². The summed E-state index contributed by atoms with van der Waals surface area (Å²) in [6.07, 6.45) is 0.810. The highest BCUT2D eigenvalue weighted by atomic mass is 19.1. The summed E-state index contributed by atoms with van der Waals surface area (Å²) in [4.78, 5) is 12.4. The van der Waals surface area contributed by atoms with E-state index in [-0.39, 0.29) is 29.6 Å². The summed E-state index contributed by atoms with van der Waals surface area (Å²) in [6, 6.07) is 16.0. The first-order valence-electron chi connectivity index (χ1n) is 8.16. The van der Waals surface area contributed by atoms with Crippen molar-refractivity contribution < 1.29 is 13.6 Å². The zero-order chi connectivity index (χ0) is 16.7. The van der Waals surface area contributed by atoms with Gasteiger partial charge < -0.3 is 9.73 Å². The highest BCUT2D eigenvalue weighted by Gasteiger charge is 2.44. The fourth-order valence-electron chi connectivity index (χ4n) is 3.17. The molecule has 3 atom stereocenters. The van der Waals surface area contributed by atoms with Crippen LogP contribution in [-0.2, 0) is 4.79 Å². The van der Waals surface area contributed by atoms with E-state index in [2.05, 4.69) is 5.32 Å². The van der Waals surface area contributed by atoms with E-state index in [0.717, 1.165) is 28.7 Å². The first-order chi connectivity index (χ1) is 11.6. The lowest BCUT2D eigenvalue weighted by Gasteiger charge is -2.11. The van der Waals surface area contributed by atoms with Gasteiger partial charge in [0.25, 0.3) is 0 Å². The summed E-state index contributed by atoms with van der Waals surface area (Å²) in [7, 11) is 0. The standard InChI is InChI=1S/C20H18FNO2/c1-12(19-10-14-4-2-3-5-18(14)24-19)22-20(23)17-11-16(17)13-6-8-15(21)9-7-13/h2-10,12,16-17H,11H2,1H3,(H,22,23). The van der Waals surface area contributed by atoms with Gasteiger partial charge in [-0.15, -0.1) is 0 Å². The van der Waals surface area contributed by atoms with Crippen LogP contribution in [0, 0.1) is 11.7 Å². The fourth-order valence-corrected chi connectivity index (χ4v) is 3.17. The molecule has 2 aromatic carbocycles. The average Bonchev–Trinajstić information content (AvgIpc) is 3.26. The smallest absolute Gasteiger partial charge is 0.224 e. The summed E-state index contributed by atoms with van der Waals surface area (Å²) in [5.74, 6) is 0.676. The molecule has 1 heterocycles. The number of hydrogen-bond donors (Lipinski definition) is 1. The summed E-state index contributed by atoms with van der Waals surface area (Å²) >= 11 is 0. The van der Waals surface area contributed by atoms with Gasteiger partial charge in [-0.2, -0.15) is 0 Å². The van der Waals surface area contributed by atoms with E-state index in [1.165, 1.54) is 12.1 Å². The number of hydrogen-bond acceptors (Lipinski definition) is 2. The molecule has 4 heteroatoms. The van der Waals surface area contributed by atoms with Crippen LogP contribution in [-0.4, -0.2) is 5.91 Å². The van der Waals surface area contributed by atoms with Gasteiger partial charge >= 0.3 is 0 Å². The van der Waals surface area contributed by atoms with Crippen LogP contribution in [0.2, 0.25) is 0 Å². The molecule has 3 aromatic rings. The molecule has 1 saturated carbocycles. The molecule has 1 amide bonds. The Kier molecular flexibility index (Phi) is 3.60. The van der Waals surface area contributed by atoms with E-state index < -0.39 is 0 Å². The Morgan fingerprint density at radius 3 is 2.71 bits per heavy atom. The highest BCUT2D eigenvalue weighted by Crippen LogP contribution is 2.47. The average molecular weight is 323 g/mol. The zero-order valence-electron chi connectivity index (χ0n) is 13.3. The molecule has 4 rings (SSSR count). The Morgan fingerprint density at radius 1 is 1.21 bits per heavy atom. The molecule has 0 saturated heterocycles. The monoisotopic (exact) mass is 323 g/mol. The van der Waals surface area contributed by atoms with Crippen LogP contribution in [0.15, 0.2) is 59.0 Å². The number of carbonyl (C=O) groups excluding carboxylic acids is 1. The van der Waals surface area contributed by atoms with Crippen molar-refractivity contribution in [2.75, 3.05) is 0 Å². The first kappa shape index (κ1) is 14.9. The second-order valence-electron chi connectivity index (χ2n) is 6.42. The quantitative estimate of drug-likeness (QED) is 0.765. The highest BCUT2D eigenvalue weighted by molar-refractivity contribution is 5.83. The molecule has 0 spiro atoms. The van der Waals surface area contributed by atoms with Crippen molar-refractivity contribution in [3.05, 3.63) is 71.7 Å². The number of fused-ring (bicyclic) bond motifs is 1. The Bertz CT molecular complexity index is 851. The van der Waals surface area contributed by atoms with Gasteiger partial charge in [0, 0.05) is 11.3 Å². The Balaban J connectivity index is 1.42. The summed E-state index contributed by atoms with van der Waals surface area (Å²) in [5.41, 5.74) is 1.84. The van der Waals surface area contributed by atoms with E-state index in [0.29, 0.717) is 0 Å². The second kappa shape index (κ2) is 5.78. The first-order valence-corrected chi connectivity index (χ1v) is 8.16. The number of halogens is 1. The maximum Gasteiger partial charge on any atom is 0.224 e. The Morgan fingerprint density at radius 2 is 1.96 bits per heavy atom. The molecule has 24 heavy (non-hydrogen) atoms. The number of rotatable bonds is 4. The fraction of sp³-hybridized carbons (Fsp3) is 0.250. The van der Waals surface area contributed by atoms with Crippen LogP contribution >= 0.6 is 0 Å². The SMILES string of the molecule is CC(NC(=O)C1CC1c1ccc(F)cc1)c1cc2ccccc2o1. The van der Waals surface area contributed by atoms with Crippen molar-refractivity contribution in [1.82, 2.24) is 5.32 Å². The number of carbonyl (C=O) groups is 1. The van der Waals surface area contributed by atoms with Crippen molar-refractivity contribution >= 4 is 16.9 Å². The van der Waals surface area contributed by atoms with Crippen LogP contribution < -0.4 is 5.32 Å². The number of amides is 1. The van der Waals surface area contributed by atoms with Crippen LogP contribution in [0.5, 0.6) is 0 Å². The molecule has 1 aliphatic carbocycles. The molecule has 1 fully saturated rings. The molecule has 0 radical (unpaired) electrons. The summed E-state index contributed by atoms with van der Waals surface area (Å²) < 4.78 is 18.8. The number of furan rings is 1. The molecule has 3 unspecified atom stereocenters. The Hall–Kier alpha value is -2.62. The predicted octanol–water partition coefficient (Wildman–Crippen LogP) is 4.55. The van der Waals surface area contributed by atoms with Crippen LogP contribution in [0.3, 0.4) is 0 Å². The largest absolute Gasteiger partial charge is 0.459 e. The van der Waals surface area contributed by atoms with Crippen LogP contribution in [0.4, 0.5) is 4.39 Å². The van der Waals surface area contributed by atoms with E-state index in [4.69, 9.17) is 4.42 Å². The third-order valence-corrected chi connectivity index (χ3v) is 4.66. The summed E-state index contributed by atoms with van der Waals surface area (Å²) in [6.45, 7) is 1.92. The third kappa shape index (κ3) is 2.80. The van der Waals surface area contributed by atoms with E-state index in [1.54, 1.807) is 12.1 Å². The van der Waals surface area contributed by atoms with Gasteiger partial charge in [-0.25, -0.2) is 4.39 Å². The Labute approximate surface area is 139 Å². The minimum absolute atomic E-state index is 0.0253. The van der Waals surface area contributed by atoms with Gasteiger partial charge in [-0.1, -0.05) is 30.3 Å². The molecule has 0 aliphatic heterocycles. The van der Waals surface area contributed by atoms with Crippen molar-refractivity contribution in [1.29, 1.82) is 0 Å². The van der Waals surface area contributed by atoms with Crippen molar-refractivity contribution in [3.63, 3.8) is 0 Å². The minimum Gasteiger partial charge on any atom is -0.459 e. The maximum atomic E-state index is 13.0. The lowest BCUT2D eigenvalue weighted by atomic mass is 10.1. The molecule has 1 aromatic heterocycles. The maximum absolute atomic E-state index is 13.0. The van der Waals surface area contributed by atoms with Crippen LogP contribution in [0.25, 0.3) is 11.0 Å². The summed E-state index contributed by atoms with van der Waals surface area (Å²) in [5, 5.41) is 4.06. The predicted molar refractivity (Wildman–Crippen MR) is 90.0 cm³/mol. The van der Waals surface area contributed by atoms with Crippen molar-refractivity contribution in [2.24, 2.45) is 5.92 Å². The second-order valence-corrected chi connectivity index (χ2v) is 6.42. The normalized spacial score (nSPS) is 20.8. The lowest BCUT2D eigenvalue weighted by molar-refractivity contribution is -0.123. The number of para-hydroxylation sites is 1. The molecule has 122 valence electrons.